The van der Waals surface area contributed by atoms with E-state index in [2.05, 4.69) is 15.6 Å². The number of nitrogens with one attached hydrogen (secondary N) is 2. The van der Waals surface area contributed by atoms with Gasteiger partial charge in [0, 0.05) is 29.3 Å². The Balaban J connectivity index is 1.42. The monoisotopic (exact) mass is 421 g/mol. The molecule has 2 N–H and O–H groups in total. The average molecular weight is 421 g/mol. The molecule has 9 heteroatoms. The summed E-state index contributed by atoms with van der Waals surface area (Å²) in [4.78, 5) is 30.5. The second-order valence-corrected chi connectivity index (χ2v) is 8.13. The van der Waals surface area contributed by atoms with Crippen molar-refractivity contribution in [3.63, 3.8) is 0 Å². The number of rotatable bonds is 7. The minimum Gasteiger partial charge on any atom is -0.352 e. The van der Waals surface area contributed by atoms with Gasteiger partial charge < -0.3 is 10.6 Å². The summed E-state index contributed by atoms with van der Waals surface area (Å²) in [5, 5.41) is 7.65. The fraction of sp³-hybridized carbons (Fsp3) is 0.211. The summed E-state index contributed by atoms with van der Waals surface area (Å²) in [5.74, 6) is -2.53. The van der Waals surface area contributed by atoms with Gasteiger partial charge in [-0.3, -0.25) is 9.59 Å². The topological polar surface area (TPSA) is 71.1 Å². The van der Waals surface area contributed by atoms with E-state index in [-0.39, 0.29) is 24.4 Å². The number of halogens is 2. The van der Waals surface area contributed by atoms with Crippen molar-refractivity contribution in [2.45, 2.75) is 19.8 Å². The smallest absolute Gasteiger partial charge is 0.254 e. The van der Waals surface area contributed by atoms with E-state index < -0.39 is 17.5 Å². The van der Waals surface area contributed by atoms with Crippen LogP contribution in [0.25, 0.3) is 10.6 Å². The van der Waals surface area contributed by atoms with Gasteiger partial charge in [0.1, 0.15) is 11.6 Å². The summed E-state index contributed by atoms with van der Waals surface area (Å²) < 4.78 is 26.4. The van der Waals surface area contributed by atoms with E-state index in [1.54, 1.807) is 11.3 Å². The molecule has 3 rings (SSSR count). The molecule has 0 aliphatic rings. The lowest BCUT2D eigenvalue weighted by atomic mass is 10.2. The van der Waals surface area contributed by atoms with E-state index >= 15 is 0 Å². The van der Waals surface area contributed by atoms with Gasteiger partial charge in [0.25, 0.3) is 5.91 Å². The van der Waals surface area contributed by atoms with Crippen molar-refractivity contribution in [1.29, 1.82) is 0 Å². The number of carbonyl (C=O) groups excluding carboxylic acids is 2. The molecule has 0 fully saturated rings. The number of hydrogen-bond acceptors (Lipinski definition) is 5. The zero-order valence-corrected chi connectivity index (χ0v) is 16.6. The molecular weight excluding hydrogens is 404 g/mol. The Morgan fingerprint density at radius 3 is 2.71 bits per heavy atom. The van der Waals surface area contributed by atoms with Crippen molar-refractivity contribution < 1.29 is 18.4 Å². The van der Waals surface area contributed by atoms with Gasteiger partial charge in [0.05, 0.1) is 16.1 Å². The molecular formula is C19H17F2N3O2S2. The van der Waals surface area contributed by atoms with E-state index in [1.165, 1.54) is 16.2 Å². The first-order chi connectivity index (χ1) is 13.4. The zero-order chi connectivity index (χ0) is 20.1. The third kappa shape index (κ3) is 5.20. The lowest BCUT2D eigenvalue weighted by Gasteiger charge is -2.06. The van der Waals surface area contributed by atoms with E-state index in [4.69, 9.17) is 0 Å². The fourth-order valence-electron chi connectivity index (χ4n) is 2.42. The molecule has 0 aliphatic carbocycles. The second-order valence-electron chi connectivity index (χ2n) is 5.98. The van der Waals surface area contributed by atoms with Crippen LogP contribution in [0.15, 0.2) is 35.7 Å². The first-order valence-corrected chi connectivity index (χ1v) is 10.2. The number of thiazole rings is 1. The molecule has 5 nitrogen and oxygen atoms in total. The highest BCUT2D eigenvalue weighted by atomic mass is 32.1. The average Bonchev–Trinajstić information content (AvgIpc) is 3.27. The normalized spacial score (nSPS) is 10.7. The lowest BCUT2D eigenvalue weighted by molar-refractivity contribution is -0.116. The molecule has 0 saturated heterocycles. The number of anilines is 1. The summed E-state index contributed by atoms with van der Waals surface area (Å²) >= 11 is 2.98. The highest BCUT2D eigenvalue weighted by molar-refractivity contribution is 7.17. The van der Waals surface area contributed by atoms with Crippen LogP contribution < -0.4 is 10.6 Å². The molecule has 2 amide bonds. The predicted octanol–water partition coefficient (Wildman–Crippen LogP) is 4.61. The number of thiophene rings is 1. The Bertz CT molecular complexity index is 1000. The fourth-order valence-corrected chi connectivity index (χ4v) is 4.05. The molecule has 0 spiro atoms. The molecule has 0 radical (unpaired) electrons. The van der Waals surface area contributed by atoms with Crippen molar-refractivity contribution in [1.82, 2.24) is 10.3 Å². The first kappa shape index (κ1) is 20.1. The molecule has 0 saturated carbocycles. The van der Waals surface area contributed by atoms with Crippen molar-refractivity contribution in [2.24, 2.45) is 0 Å². The van der Waals surface area contributed by atoms with Crippen LogP contribution >= 0.6 is 22.7 Å². The minimum absolute atomic E-state index is 0.180. The maximum Gasteiger partial charge on any atom is 0.254 e. The largest absolute Gasteiger partial charge is 0.352 e. The second kappa shape index (κ2) is 9.03. The standard InChI is InChI=1S/C19H17F2N3O2S2/c1-11-4-7-16(28-11)15-10-27-19(23-15)24-17(25)3-2-8-22-18(26)13-6-5-12(20)9-14(13)21/h4-7,9-10H,2-3,8H2,1H3,(H,22,26)(H,23,24,25). The number of amides is 2. The molecule has 1 aromatic carbocycles. The summed E-state index contributed by atoms with van der Waals surface area (Å²) in [6.45, 7) is 2.22. The van der Waals surface area contributed by atoms with Crippen LogP contribution in [-0.4, -0.2) is 23.3 Å². The van der Waals surface area contributed by atoms with Crippen molar-refractivity contribution in [3.8, 4) is 10.6 Å². The van der Waals surface area contributed by atoms with E-state index in [1.807, 2.05) is 24.4 Å². The quantitative estimate of drug-likeness (QED) is 0.548. The van der Waals surface area contributed by atoms with Crippen LogP contribution in [0.4, 0.5) is 13.9 Å². The Morgan fingerprint density at radius 2 is 2.00 bits per heavy atom. The highest BCUT2D eigenvalue weighted by Gasteiger charge is 2.13. The molecule has 2 heterocycles. The molecule has 3 aromatic rings. The maximum atomic E-state index is 13.5. The summed E-state index contributed by atoms with van der Waals surface area (Å²) in [7, 11) is 0. The molecule has 0 bridgehead atoms. The molecule has 146 valence electrons. The van der Waals surface area contributed by atoms with Gasteiger partial charge in [0.15, 0.2) is 5.13 Å². The van der Waals surface area contributed by atoms with Crippen molar-refractivity contribution in [3.05, 3.63) is 57.8 Å². The van der Waals surface area contributed by atoms with Gasteiger partial charge in [-0.25, -0.2) is 13.8 Å². The van der Waals surface area contributed by atoms with Gasteiger partial charge in [-0.2, -0.15) is 0 Å². The molecule has 0 atom stereocenters. The minimum atomic E-state index is -0.921. The summed E-state index contributed by atoms with van der Waals surface area (Å²) in [6, 6.07) is 6.77. The Kier molecular flexibility index (Phi) is 6.48. The number of nitrogens with zero attached hydrogens (tertiary/aromatic N) is 1. The summed E-state index contributed by atoms with van der Waals surface area (Å²) in [5.41, 5.74) is 0.594. The van der Waals surface area contributed by atoms with E-state index in [0.717, 1.165) is 22.7 Å². The number of hydrogen-bond donors (Lipinski definition) is 2. The van der Waals surface area contributed by atoms with Crippen LogP contribution in [0, 0.1) is 18.6 Å². The molecule has 0 unspecified atom stereocenters. The van der Waals surface area contributed by atoms with E-state index in [0.29, 0.717) is 17.6 Å². The highest BCUT2D eigenvalue weighted by Crippen LogP contribution is 2.30. The van der Waals surface area contributed by atoms with Crippen LogP contribution in [0.5, 0.6) is 0 Å². The molecule has 2 aromatic heterocycles. The van der Waals surface area contributed by atoms with Crippen LogP contribution in [-0.2, 0) is 4.79 Å². The lowest BCUT2D eigenvalue weighted by Crippen LogP contribution is -2.26. The number of carbonyl (C=O) groups is 2. The van der Waals surface area contributed by atoms with Gasteiger partial charge in [-0.15, -0.1) is 22.7 Å². The molecule has 28 heavy (non-hydrogen) atoms. The van der Waals surface area contributed by atoms with Gasteiger partial charge in [0.2, 0.25) is 5.91 Å². The van der Waals surface area contributed by atoms with E-state index in [9.17, 15) is 18.4 Å². The third-order valence-electron chi connectivity index (χ3n) is 3.79. The van der Waals surface area contributed by atoms with Crippen molar-refractivity contribution in [2.75, 3.05) is 11.9 Å². The van der Waals surface area contributed by atoms with Crippen LogP contribution in [0.2, 0.25) is 0 Å². The predicted molar refractivity (Wildman–Crippen MR) is 107 cm³/mol. The van der Waals surface area contributed by atoms with Crippen molar-refractivity contribution >= 4 is 39.6 Å². The number of aryl methyl sites for hydroxylation is 1. The van der Waals surface area contributed by atoms with Gasteiger partial charge in [-0.1, -0.05) is 0 Å². The first-order valence-electron chi connectivity index (χ1n) is 8.48. The van der Waals surface area contributed by atoms with Gasteiger partial charge in [-0.05, 0) is 37.6 Å². The Morgan fingerprint density at radius 1 is 1.18 bits per heavy atom. The Hall–Kier alpha value is -2.65. The number of aromatic nitrogens is 1. The maximum absolute atomic E-state index is 13.5. The third-order valence-corrected chi connectivity index (χ3v) is 5.57. The summed E-state index contributed by atoms with van der Waals surface area (Å²) in [6.07, 6.45) is 0.557. The Labute approximate surface area is 168 Å². The van der Waals surface area contributed by atoms with Gasteiger partial charge >= 0.3 is 0 Å². The number of benzene rings is 1. The zero-order valence-electron chi connectivity index (χ0n) is 14.9. The SMILES string of the molecule is Cc1ccc(-c2csc(NC(=O)CCCNC(=O)c3ccc(F)cc3F)n2)s1. The molecule has 0 aliphatic heterocycles. The van der Waals surface area contributed by atoms with Crippen LogP contribution in [0.3, 0.4) is 0 Å². The van der Waals surface area contributed by atoms with Crippen LogP contribution in [0.1, 0.15) is 28.1 Å².